The summed E-state index contributed by atoms with van der Waals surface area (Å²) in [6, 6.07) is 15.5. The molecule has 0 spiro atoms. The monoisotopic (exact) mass is 394 g/mol. The van der Waals surface area contributed by atoms with Crippen LogP contribution in [0.1, 0.15) is 28.8 Å². The number of hydrogen-bond donors (Lipinski definition) is 3. The highest BCUT2D eigenvalue weighted by Gasteiger charge is 2.23. The van der Waals surface area contributed by atoms with E-state index in [2.05, 4.69) is 5.32 Å². The van der Waals surface area contributed by atoms with Crippen molar-refractivity contribution in [2.45, 2.75) is 12.8 Å². The Hall–Kier alpha value is -3.19. The Labute approximate surface area is 170 Å². The molecule has 0 aliphatic carbocycles. The molecule has 1 aliphatic heterocycles. The minimum atomic E-state index is -0.441. The third-order valence-corrected chi connectivity index (χ3v) is 4.96. The van der Waals surface area contributed by atoms with Crippen molar-refractivity contribution >= 4 is 23.4 Å². The topological polar surface area (TPSA) is 109 Å². The Bertz CT molecular complexity index is 863. The van der Waals surface area contributed by atoms with Crippen molar-refractivity contribution in [2.24, 2.45) is 11.7 Å². The smallest absolute Gasteiger partial charge is 0.326 e. The van der Waals surface area contributed by atoms with E-state index in [4.69, 9.17) is 15.9 Å². The molecule has 1 heterocycles. The van der Waals surface area contributed by atoms with Gasteiger partial charge in [-0.2, -0.15) is 0 Å². The number of nitrogens with zero attached hydrogens (tertiary/aromatic N) is 1. The van der Waals surface area contributed by atoms with Crippen LogP contribution in [0.4, 0.5) is 5.69 Å². The number of benzene rings is 2. The molecule has 0 aromatic heterocycles. The molecule has 1 saturated heterocycles. The molecule has 1 fully saturated rings. The maximum atomic E-state index is 13.2. The van der Waals surface area contributed by atoms with Crippen molar-refractivity contribution in [2.75, 3.05) is 31.1 Å². The molecule has 4 N–H and O–H groups in total. The maximum Gasteiger partial charge on any atom is 0.326 e. The predicted molar refractivity (Wildman–Crippen MR) is 112 cm³/mol. The molecular formula is C22H26N4O3. The van der Waals surface area contributed by atoms with Crippen molar-refractivity contribution in [3.8, 4) is 0 Å². The van der Waals surface area contributed by atoms with Crippen LogP contribution < -0.4 is 16.0 Å². The summed E-state index contributed by atoms with van der Waals surface area (Å²) in [4.78, 5) is 27.0. The standard InChI is InChI=1S/C22H26N4O3/c23-21(24)17-5-4-6-18(13-17)22(28)26(19-7-2-1-3-8-19)14-20(27)29-15-16-9-11-25-12-10-16/h1-8,13,16,25H,9-12,14-15H2,(H3,23,24). The molecule has 1 amide bonds. The molecule has 29 heavy (non-hydrogen) atoms. The molecule has 1 aliphatic rings. The number of amidine groups is 1. The zero-order valence-electron chi connectivity index (χ0n) is 16.3. The van der Waals surface area contributed by atoms with Crippen molar-refractivity contribution in [3.05, 3.63) is 65.7 Å². The van der Waals surface area contributed by atoms with E-state index in [-0.39, 0.29) is 18.3 Å². The van der Waals surface area contributed by atoms with E-state index in [9.17, 15) is 9.59 Å². The van der Waals surface area contributed by atoms with Crippen LogP contribution in [-0.4, -0.2) is 44.0 Å². The minimum absolute atomic E-state index is 0.118. The second-order valence-corrected chi connectivity index (χ2v) is 7.10. The lowest BCUT2D eigenvalue weighted by molar-refractivity contribution is -0.143. The fraction of sp³-hybridized carbons (Fsp3) is 0.318. The van der Waals surface area contributed by atoms with Crippen LogP contribution in [0.25, 0.3) is 0 Å². The molecule has 0 bridgehead atoms. The van der Waals surface area contributed by atoms with Gasteiger partial charge in [-0.25, -0.2) is 0 Å². The summed E-state index contributed by atoms with van der Waals surface area (Å²) >= 11 is 0. The van der Waals surface area contributed by atoms with Gasteiger partial charge in [0.15, 0.2) is 0 Å². The Morgan fingerprint density at radius 2 is 1.76 bits per heavy atom. The summed E-state index contributed by atoms with van der Waals surface area (Å²) < 4.78 is 5.47. The van der Waals surface area contributed by atoms with Gasteiger partial charge in [0.2, 0.25) is 0 Å². The van der Waals surface area contributed by atoms with Gasteiger partial charge in [0.25, 0.3) is 5.91 Å². The number of anilines is 1. The first-order chi connectivity index (χ1) is 14.0. The summed E-state index contributed by atoms with van der Waals surface area (Å²) in [5, 5.41) is 10.9. The Morgan fingerprint density at radius 1 is 1.07 bits per heavy atom. The van der Waals surface area contributed by atoms with Gasteiger partial charge < -0.3 is 15.8 Å². The number of nitrogen functional groups attached to an aromatic ring is 1. The quantitative estimate of drug-likeness (QED) is 0.379. The third kappa shape index (κ3) is 5.65. The third-order valence-electron chi connectivity index (χ3n) is 4.96. The van der Waals surface area contributed by atoms with Gasteiger partial charge in [-0.05, 0) is 56.1 Å². The lowest BCUT2D eigenvalue weighted by atomic mass is 9.99. The SMILES string of the molecule is N=C(N)c1cccc(C(=O)N(CC(=O)OCC2CCNCC2)c2ccccc2)c1. The Balaban J connectivity index is 1.74. The van der Waals surface area contributed by atoms with Gasteiger partial charge in [0.1, 0.15) is 12.4 Å². The largest absolute Gasteiger partial charge is 0.464 e. The van der Waals surface area contributed by atoms with Crippen LogP contribution >= 0.6 is 0 Å². The zero-order valence-corrected chi connectivity index (χ0v) is 16.3. The van der Waals surface area contributed by atoms with Crippen molar-refractivity contribution in [1.29, 1.82) is 5.41 Å². The molecule has 3 rings (SSSR count). The van der Waals surface area contributed by atoms with Crippen LogP contribution in [-0.2, 0) is 9.53 Å². The Morgan fingerprint density at radius 3 is 2.45 bits per heavy atom. The number of nitrogens with two attached hydrogens (primary N) is 1. The van der Waals surface area contributed by atoms with Gasteiger partial charge in [0.05, 0.1) is 6.61 Å². The molecule has 2 aromatic rings. The van der Waals surface area contributed by atoms with Gasteiger partial charge in [-0.1, -0.05) is 30.3 Å². The number of esters is 1. The van der Waals surface area contributed by atoms with E-state index in [1.54, 1.807) is 36.4 Å². The lowest BCUT2D eigenvalue weighted by Crippen LogP contribution is -2.37. The van der Waals surface area contributed by atoms with Gasteiger partial charge in [0, 0.05) is 16.8 Å². The van der Waals surface area contributed by atoms with Gasteiger partial charge in [-0.3, -0.25) is 19.9 Å². The first-order valence-electron chi connectivity index (χ1n) is 9.72. The molecule has 152 valence electrons. The summed E-state index contributed by atoms with van der Waals surface area (Å²) in [5.74, 6) is -0.554. The van der Waals surface area contributed by atoms with E-state index < -0.39 is 5.97 Å². The number of piperidine rings is 1. The number of amides is 1. The summed E-state index contributed by atoms with van der Waals surface area (Å²) in [6.45, 7) is 2.06. The van der Waals surface area contributed by atoms with E-state index >= 15 is 0 Å². The summed E-state index contributed by atoms with van der Waals surface area (Å²) in [5.41, 5.74) is 6.95. The van der Waals surface area contributed by atoms with E-state index in [1.807, 2.05) is 18.2 Å². The fourth-order valence-corrected chi connectivity index (χ4v) is 3.30. The molecular weight excluding hydrogens is 368 g/mol. The van der Waals surface area contributed by atoms with Crippen molar-refractivity contribution in [3.63, 3.8) is 0 Å². The minimum Gasteiger partial charge on any atom is -0.464 e. The molecule has 7 nitrogen and oxygen atoms in total. The molecule has 0 saturated carbocycles. The lowest BCUT2D eigenvalue weighted by Gasteiger charge is -2.24. The number of rotatable bonds is 7. The Kier molecular flexibility index (Phi) is 6.97. The van der Waals surface area contributed by atoms with Crippen LogP contribution in [0.2, 0.25) is 0 Å². The highest BCUT2D eigenvalue weighted by Crippen LogP contribution is 2.18. The average molecular weight is 394 g/mol. The number of nitrogens with one attached hydrogen (secondary N) is 2. The fourth-order valence-electron chi connectivity index (χ4n) is 3.30. The number of carbonyl (C=O) groups excluding carboxylic acids is 2. The maximum absolute atomic E-state index is 13.2. The number of para-hydroxylation sites is 1. The number of ether oxygens (including phenoxy) is 1. The van der Waals surface area contributed by atoms with Crippen molar-refractivity contribution in [1.82, 2.24) is 5.32 Å². The zero-order chi connectivity index (χ0) is 20.6. The molecule has 7 heteroatoms. The first kappa shape index (κ1) is 20.5. The average Bonchev–Trinajstić information content (AvgIpc) is 2.77. The number of hydrogen-bond acceptors (Lipinski definition) is 5. The predicted octanol–water partition coefficient (Wildman–Crippen LogP) is 2.16. The van der Waals surface area contributed by atoms with E-state index in [1.165, 1.54) is 4.90 Å². The van der Waals surface area contributed by atoms with Crippen LogP contribution in [0, 0.1) is 11.3 Å². The van der Waals surface area contributed by atoms with Crippen LogP contribution in [0.5, 0.6) is 0 Å². The number of carbonyl (C=O) groups is 2. The van der Waals surface area contributed by atoms with Gasteiger partial charge in [-0.15, -0.1) is 0 Å². The highest BCUT2D eigenvalue weighted by atomic mass is 16.5. The van der Waals surface area contributed by atoms with Crippen LogP contribution in [0.15, 0.2) is 54.6 Å². The first-order valence-corrected chi connectivity index (χ1v) is 9.72. The molecule has 0 atom stereocenters. The van der Waals surface area contributed by atoms with E-state index in [0.29, 0.717) is 29.3 Å². The molecule has 0 unspecified atom stereocenters. The highest BCUT2D eigenvalue weighted by molar-refractivity contribution is 6.09. The van der Waals surface area contributed by atoms with Gasteiger partial charge >= 0.3 is 5.97 Å². The second kappa shape index (κ2) is 9.84. The summed E-state index contributed by atoms with van der Waals surface area (Å²) in [6.07, 6.45) is 1.96. The van der Waals surface area contributed by atoms with Crippen molar-refractivity contribution < 1.29 is 14.3 Å². The van der Waals surface area contributed by atoms with E-state index in [0.717, 1.165) is 25.9 Å². The summed E-state index contributed by atoms with van der Waals surface area (Å²) in [7, 11) is 0. The second-order valence-electron chi connectivity index (χ2n) is 7.10. The normalized spacial score (nSPS) is 14.2. The molecule has 2 aromatic carbocycles. The molecule has 0 radical (unpaired) electrons. The van der Waals surface area contributed by atoms with Crippen LogP contribution in [0.3, 0.4) is 0 Å².